The highest BCUT2D eigenvalue weighted by Crippen LogP contribution is 2.34. The monoisotopic (exact) mass is 359 g/mol. The van der Waals surface area contributed by atoms with Crippen LogP contribution in [0.15, 0.2) is 40.2 Å². The smallest absolute Gasteiger partial charge is 0.194 e. The predicted molar refractivity (Wildman–Crippen MR) is 93.3 cm³/mol. The first-order chi connectivity index (χ1) is 9.99. The molecular weight excluding hydrogens is 346 g/mol. The second-order valence-corrected chi connectivity index (χ2v) is 6.85. The third-order valence-electron chi connectivity index (χ3n) is 3.65. The number of fused-ring (bicyclic) bond motifs is 1. The lowest BCUT2D eigenvalue weighted by Gasteiger charge is -2.08. The molecule has 0 bridgehead atoms. The summed E-state index contributed by atoms with van der Waals surface area (Å²) in [6.45, 7) is 3.90. The van der Waals surface area contributed by atoms with Gasteiger partial charge in [0.2, 0.25) is 0 Å². The molecule has 2 nitrogen and oxygen atoms in total. The van der Waals surface area contributed by atoms with Crippen molar-refractivity contribution in [3.05, 3.63) is 62.4 Å². The molecule has 0 spiro atoms. The summed E-state index contributed by atoms with van der Waals surface area (Å²) < 4.78 is 2.11. The minimum Gasteiger partial charge on any atom is -0.398 e. The van der Waals surface area contributed by atoms with E-state index in [1.165, 1.54) is 0 Å². The van der Waals surface area contributed by atoms with Crippen LogP contribution in [0.25, 0.3) is 10.1 Å². The van der Waals surface area contributed by atoms with Crippen LogP contribution in [0, 0.1) is 13.8 Å². The highest BCUT2D eigenvalue weighted by Gasteiger charge is 2.18. The predicted octanol–water partition coefficient (Wildman–Crippen LogP) is 5.09. The molecule has 0 atom stereocenters. The number of anilines is 1. The summed E-state index contributed by atoms with van der Waals surface area (Å²) in [6.07, 6.45) is 0. The van der Waals surface area contributed by atoms with E-state index in [1.807, 2.05) is 43.5 Å². The molecular formula is C17H14BrNOS. The van der Waals surface area contributed by atoms with E-state index in [9.17, 15) is 4.79 Å². The van der Waals surface area contributed by atoms with Gasteiger partial charge in [-0.15, -0.1) is 11.3 Å². The molecule has 0 aliphatic carbocycles. The molecule has 0 aliphatic rings. The van der Waals surface area contributed by atoms with Gasteiger partial charge >= 0.3 is 0 Å². The lowest BCUT2D eigenvalue weighted by molar-refractivity contribution is 0.104. The molecule has 3 rings (SSSR count). The standard InChI is InChI=1S/C17H14BrNOS/c1-9-6-10(2)15(19)7-12(9)16(20)13-8-21-17-11(13)4-3-5-14(17)18/h3-8H,19H2,1-2H3. The molecule has 2 aromatic carbocycles. The molecule has 0 fully saturated rings. The molecule has 106 valence electrons. The number of carbonyl (C=O) groups is 1. The van der Waals surface area contributed by atoms with Crippen molar-refractivity contribution in [2.45, 2.75) is 13.8 Å². The van der Waals surface area contributed by atoms with Crippen LogP contribution in [-0.2, 0) is 0 Å². The summed E-state index contributed by atoms with van der Waals surface area (Å²) in [6, 6.07) is 9.67. The van der Waals surface area contributed by atoms with E-state index >= 15 is 0 Å². The Kier molecular flexibility index (Phi) is 3.59. The number of carbonyl (C=O) groups excluding carboxylic acids is 1. The van der Waals surface area contributed by atoms with E-state index in [2.05, 4.69) is 15.9 Å². The van der Waals surface area contributed by atoms with E-state index < -0.39 is 0 Å². The molecule has 4 heteroatoms. The van der Waals surface area contributed by atoms with Crippen LogP contribution in [0.5, 0.6) is 0 Å². The van der Waals surface area contributed by atoms with Gasteiger partial charge in [-0.05, 0) is 53.0 Å². The fourth-order valence-corrected chi connectivity index (χ4v) is 4.06. The summed E-state index contributed by atoms with van der Waals surface area (Å²) in [5.41, 5.74) is 10.00. The molecule has 0 aliphatic heterocycles. The average molecular weight is 360 g/mol. The first kappa shape index (κ1) is 14.3. The summed E-state index contributed by atoms with van der Waals surface area (Å²) in [4.78, 5) is 12.9. The SMILES string of the molecule is Cc1cc(C)c(C(=O)c2csc3c(Br)cccc23)cc1N. The molecule has 3 aromatic rings. The van der Waals surface area contributed by atoms with Crippen LogP contribution in [0.4, 0.5) is 5.69 Å². The van der Waals surface area contributed by atoms with Gasteiger partial charge in [-0.2, -0.15) is 0 Å². The molecule has 0 saturated heterocycles. The van der Waals surface area contributed by atoms with Crippen LogP contribution in [0.1, 0.15) is 27.0 Å². The van der Waals surface area contributed by atoms with E-state index in [0.29, 0.717) is 11.3 Å². The second kappa shape index (κ2) is 5.28. The summed E-state index contributed by atoms with van der Waals surface area (Å²) >= 11 is 5.11. The molecule has 0 saturated carbocycles. The molecule has 1 heterocycles. The van der Waals surface area contributed by atoms with Crippen LogP contribution >= 0.6 is 27.3 Å². The Bertz CT molecular complexity index is 867. The molecule has 2 N–H and O–H groups in total. The maximum atomic E-state index is 12.9. The van der Waals surface area contributed by atoms with Crippen molar-refractivity contribution < 1.29 is 4.79 Å². The summed E-state index contributed by atoms with van der Waals surface area (Å²) in [5, 5.41) is 2.91. The van der Waals surface area contributed by atoms with Crippen molar-refractivity contribution >= 4 is 48.8 Å². The maximum absolute atomic E-state index is 12.9. The minimum atomic E-state index is 0.0311. The van der Waals surface area contributed by atoms with Gasteiger partial charge in [0, 0.05) is 36.8 Å². The summed E-state index contributed by atoms with van der Waals surface area (Å²) in [5.74, 6) is 0.0311. The van der Waals surface area contributed by atoms with Crippen LogP contribution < -0.4 is 5.73 Å². The van der Waals surface area contributed by atoms with E-state index in [1.54, 1.807) is 17.4 Å². The Labute approximate surface area is 135 Å². The Morgan fingerprint density at radius 3 is 2.67 bits per heavy atom. The zero-order valence-corrected chi connectivity index (χ0v) is 14.1. The fraction of sp³-hybridized carbons (Fsp3) is 0.118. The molecule has 0 amide bonds. The molecule has 21 heavy (non-hydrogen) atoms. The highest BCUT2D eigenvalue weighted by atomic mass is 79.9. The minimum absolute atomic E-state index is 0.0311. The van der Waals surface area contributed by atoms with E-state index in [0.717, 1.165) is 31.2 Å². The van der Waals surface area contributed by atoms with Crippen molar-refractivity contribution in [1.82, 2.24) is 0 Å². The zero-order chi connectivity index (χ0) is 15.1. The van der Waals surface area contributed by atoms with Gasteiger partial charge in [0.25, 0.3) is 0 Å². The van der Waals surface area contributed by atoms with Crippen LogP contribution in [-0.4, -0.2) is 5.78 Å². The second-order valence-electron chi connectivity index (χ2n) is 5.12. The third-order valence-corrected chi connectivity index (χ3v) is 5.61. The van der Waals surface area contributed by atoms with Crippen LogP contribution in [0.2, 0.25) is 0 Å². The first-order valence-corrected chi connectivity index (χ1v) is 8.23. The fourth-order valence-electron chi connectivity index (χ4n) is 2.46. The number of benzene rings is 2. The number of thiophene rings is 1. The third kappa shape index (κ3) is 2.39. The van der Waals surface area contributed by atoms with Gasteiger partial charge in [-0.1, -0.05) is 18.2 Å². The van der Waals surface area contributed by atoms with Crippen molar-refractivity contribution in [2.24, 2.45) is 0 Å². The Hall–Kier alpha value is -1.65. The number of rotatable bonds is 2. The number of aryl methyl sites for hydroxylation is 2. The molecule has 0 unspecified atom stereocenters. The lowest BCUT2D eigenvalue weighted by atomic mass is 9.96. The Morgan fingerprint density at radius 1 is 1.14 bits per heavy atom. The van der Waals surface area contributed by atoms with Crippen molar-refractivity contribution in [1.29, 1.82) is 0 Å². The summed E-state index contributed by atoms with van der Waals surface area (Å²) in [7, 11) is 0. The number of hydrogen-bond acceptors (Lipinski definition) is 3. The Balaban J connectivity index is 2.18. The molecule has 1 aromatic heterocycles. The topological polar surface area (TPSA) is 43.1 Å². The average Bonchev–Trinajstić information content (AvgIpc) is 2.87. The number of halogens is 1. The van der Waals surface area contributed by atoms with E-state index in [4.69, 9.17) is 5.73 Å². The number of nitrogen functional groups attached to an aromatic ring is 1. The normalized spacial score (nSPS) is 11.0. The van der Waals surface area contributed by atoms with Crippen molar-refractivity contribution in [3.8, 4) is 0 Å². The van der Waals surface area contributed by atoms with Gasteiger partial charge in [-0.3, -0.25) is 4.79 Å². The van der Waals surface area contributed by atoms with Gasteiger partial charge in [0.15, 0.2) is 5.78 Å². The van der Waals surface area contributed by atoms with E-state index in [-0.39, 0.29) is 5.78 Å². The zero-order valence-electron chi connectivity index (χ0n) is 11.7. The Morgan fingerprint density at radius 2 is 1.90 bits per heavy atom. The van der Waals surface area contributed by atoms with Crippen molar-refractivity contribution in [3.63, 3.8) is 0 Å². The number of nitrogens with two attached hydrogens (primary N) is 1. The van der Waals surface area contributed by atoms with Gasteiger partial charge in [-0.25, -0.2) is 0 Å². The van der Waals surface area contributed by atoms with Gasteiger partial charge in [0.1, 0.15) is 0 Å². The quantitative estimate of drug-likeness (QED) is 0.511. The van der Waals surface area contributed by atoms with Gasteiger partial charge in [0.05, 0.1) is 0 Å². The number of hydrogen-bond donors (Lipinski definition) is 1. The number of ketones is 1. The first-order valence-electron chi connectivity index (χ1n) is 6.56. The van der Waals surface area contributed by atoms with Crippen molar-refractivity contribution in [2.75, 3.05) is 5.73 Å². The largest absolute Gasteiger partial charge is 0.398 e. The molecule has 0 radical (unpaired) electrons. The lowest BCUT2D eigenvalue weighted by Crippen LogP contribution is -2.05. The highest BCUT2D eigenvalue weighted by molar-refractivity contribution is 9.10. The van der Waals surface area contributed by atoms with Crippen LogP contribution in [0.3, 0.4) is 0 Å². The maximum Gasteiger partial charge on any atom is 0.194 e. The van der Waals surface area contributed by atoms with Gasteiger partial charge < -0.3 is 5.73 Å².